The van der Waals surface area contributed by atoms with Gasteiger partial charge in [0.15, 0.2) is 0 Å². The minimum Gasteiger partial charge on any atom is -0.478 e. The molecule has 0 saturated heterocycles. The zero-order chi connectivity index (χ0) is 15.4. The monoisotopic (exact) mass is 324 g/mol. The molecule has 7 heteroatoms. The number of anilines is 1. The number of hydrogen-bond donors (Lipinski definition) is 2. The Balaban J connectivity index is 1.98. The van der Waals surface area contributed by atoms with Crippen LogP contribution >= 0.6 is 22.7 Å². The van der Waals surface area contributed by atoms with Crippen molar-refractivity contribution >= 4 is 39.7 Å². The number of aromatic carboxylic acids is 1. The first kappa shape index (κ1) is 15.5. The van der Waals surface area contributed by atoms with Crippen LogP contribution < -0.4 is 5.32 Å². The summed E-state index contributed by atoms with van der Waals surface area (Å²) < 4.78 is 0. The van der Waals surface area contributed by atoms with Gasteiger partial charge in [-0.1, -0.05) is 6.07 Å². The summed E-state index contributed by atoms with van der Waals surface area (Å²) in [5.41, 5.74) is 0.118. The molecule has 2 N–H and O–H groups in total. The van der Waals surface area contributed by atoms with Gasteiger partial charge in [-0.2, -0.15) is 0 Å². The van der Waals surface area contributed by atoms with E-state index in [9.17, 15) is 9.59 Å². The number of thiophene rings is 2. The lowest BCUT2D eigenvalue weighted by Crippen LogP contribution is -2.39. The van der Waals surface area contributed by atoms with Crippen molar-refractivity contribution in [2.75, 3.05) is 12.4 Å². The number of hydrogen-bond acceptors (Lipinski definition) is 4. The second-order valence-electron chi connectivity index (χ2n) is 4.64. The maximum Gasteiger partial charge on any atom is 0.338 e. The van der Waals surface area contributed by atoms with Crippen molar-refractivity contribution in [2.45, 2.75) is 19.4 Å². The molecule has 0 aromatic carbocycles. The number of likely N-dealkylation sites (N-methyl/N-ethyl adjacent to an activating group) is 1. The molecular weight excluding hydrogens is 308 g/mol. The molecule has 0 saturated carbocycles. The summed E-state index contributed by atoms with van der Waals surface area (Å²) in [4.78, 5) is 26.0. The van der Waals surface area contributed by atoms with Gasteiger partial charge in [-0.3, -0.25) is 5.32 Å². The highest BCUT2D eigenvalue weighted by atomic mass is 32.1. The number of carboxylic acids is 1. The molecule has 0 aliphatic carbocycles. The van der Waals surface area contributed by atoms with E-state index in [1.54, 1.807) is 28.7 Å². The number of carbonyl (C=O) groups excluding carboxylic acids is 1. The fraction of sp³-hybridized carbons (Fsp3) is 0.286. The molecule has 0 spiro atoms. The molecule has 0 radical (unpaired) electrons. The fourth-order valence-corrected chi connectivity index (χ4v) is 3.41. The van der Waals surface area contributed by atoms with Crippen LogP contribution in [-0.4, -0.2) is 35.1 Å². The van der Waals surface area contributed by atoms with E-state index in [0.29, 0.717) is 5.00 Å². The van der Waals surface area contributed by atoms with Gasteiger partial charge < -0.3 is 10.0 Å². The molecule has 2 aromatic rings. The first-order chi connectivity index (χ1) is 9.99. The number of rotatable bonds is 5. The minimum atomic E-state index is -1.04. The van der Waals surface area contributed by atoms with Crippen LogP contribution in [0.2, 0.25) is 0 Å². The third-order valence-corrected chi connectivity index (χ3v) is 4.90. The third kappa shape index (κ3) is 3.83. The van der Waals surface area contributed by atoms with Crippen molar-refractivity contribution in [1.29, 1.82) is 0 Å². The Labute approximate surface area is 130 Å². The van der Waals surface area contributed by atoms with E-state index in [1.807, 2.05) is 24.4 Å². The maximum atomic E-state index is 12.2. The topological polar surface area (TPSA) is 69.6 Å². The lowest BCUT2D eigenvalue weighted by Gasteiger charge is -2.24. The molecule has 112 valence electrons. The first-order valence-corrected chi connectivity index (χ1v) is 8.12. The van der Waals surface area contributed by atoms with Gasteiger partial charge in [0.25, 0.3) is 0 Å². The zero-order valence-corrected chi connectivity index (χ0v) is 13.3. The molecule has 21 heavy (non-hydrogen) atoms. The van der Waals surface area contributed by atoms with E-state index in [0.717, 1.165) is 6.42 Å². The number of urea groups is 1. The molecule has 2 rings (SSSR count). The van der Waals surface area contributed by atoms with E-state index < -0.39 is 5.97 Å². The van der Waals surface area contributed by atoms with Crippen LogP contribution in [0.25, 0.3) is 0 Å². The molecule has 2 amide bonds. The standard InChI is InChI=1S/C14H16N2O3S2/c1-9(8-10-4-3-6-20-10)16(2)14(19)15-12-11(13(17)18)5-7-21-12/h3-7,9H,8H2,1-2H3,(H,15,19)(H,17,18). The van der Waals surface area contributed by atoms with Crippen LogP contribution in [-0.2, 0) is 6.42 Å². The van der Waals surface area contributed by atoms with Crippen molar-refractivity contribution in [2.24, 2.45) is 0 Å². The summed E-state index contributed by atoms with van der Waals surface area (Å²) in [6.07, 6.45) is 0.776. The number of nitrogens with one attached hydrogen (secondary N) is 1. The fourth-order valence-electron chi connectivity index (χ4n) is 1.82. The summed E-state index contributed by atoms with van der Waals surface area (Å²) in [6, 6.07) is 5.23. The van der Waals surface area contributed by atoms with Crippen LogP contribution in [0.1, 0.15) is 22.2 Å². The molecule has 0 bridgehead atoms. The Morgan fingerprint density at radius 2 is 2.10 bits per heavy atom. The highest BCUT2D eigenvalue weighted by molar-refractivity contribution is 7.14. The largest absolute Gasteiger partial charge is 0.478 e. The average molecular weight is 324 g/mol. The summed E-state index contributed by atoms with van der Waals surface area (Å²) in [7, 11) is 1.71. The van der Waals surface area contributed by atoms with Crippen molar-refractivity contribution in [3.8, 4) is 0 Å². The van der Waals surface area contributed by atoms with Gasteiger partial charge in [0.05, 0.1) is 5.56 Å². The predicted molar refractivity (Wildman–Crippen MR) is 85.5 cm³/mol. The Morgan fingerprint density at radius 1 is 1.33 bits per heavy atom. The number of carboxylic acid groups (broad SMARTS) is 1. The quantitative estimate of drug-likeness (QED) is 0.883. The van der Waals surface area contributed by atoms with Crippen molar-refractivity contribution < 1.29 is 14.7 Å². The number of nitrogens with zero attached hydrogens (tertiary/aromatic N) is 1. The van der Waals surface area contributed by atoms with Crippen molar-refractivity contribution in [1.82, 2.24) is 4.90 Å². The van der Waals surface area contributed by atoms with Gasteiger partial charge in [0.2, 0.25) is 0 Å². The minimum absolute atomic E-state index is 0.0249. The smallest absolute Gasteiger partial charge is 0.338 e. The molecule has 2 aromatic heterocycles. The van der Waals surface area contributed by atoms with Crippen LogP contribution in [0.3, 0.4) is 0 Å². The molecule has 1 atom stereocenters. The molecular formula is C14H16N2O3S2. The van der Waals surface area contributed by atoms with Crippen molar-refractivity contribution in [3.63, 3.8) is 0 Å². The van der Waals surface area contributed by atoms with Crippen molar-refractivity contribution in [3.05, 3.63) is 39.4 Å². The van der Waals surface area contributed by atoms with Crippen LogP contribution in [0, 0.1) is 0 Å². The molecule has 2 heterocycles. The average Bonchev–Trinajstić information content (AvgIpc) is 3.08. The summed E-state index contributed by atoms with van der Waals surface area (Å²) >= 11 is 2.86. The molecule has 1 unspecified atom stereocenters. The lowest BCUT2D eigenvalue weighted by molar-refractivity contribution is 0.0698. The Hall–Kier alpha value is -1.86. The second-order valence-corrected chi connectivity index (χ2v) is 6.59. The van der Waals surface area contributed by atoms with Gasteiger partial charge >= 0.3 is 12.0 Å². The molecule has 0 aliphatic rings. The highest BCUT2D eigenvalue weighted by Crippen LogP contribution is 2.24. The van der Waals surface area contributed by atoms with Gasteiger partial charge in [-0.25, -0.2) is 9.59 Å². The third-order valence-electron chi connectivity index (χ3n) is 3.17. The van der Waals surface area contributed by atoms with E-state index in [-0.39, 0.29) is 17.6 Å². The SMILES string of the molecule is CC(Cc1cccs1)N(C)C(=O)Nc1sccc1C(=O)O. The van der Waals surface area contributed by atoms with E-state index >= 15 is 0 Å². The van der Waals surface area contributed by atoms with Gasteiger partial charge in [0.1, 0.15) is 5.00 Å². The Kier molecular flexibility index (Phi) is 4.98. The summed E-state index contributed by atoms with van der Waals surface area (Å²) in [6.45, 7) is 1.96. The normalized spacial score (nSPS) is 11.9. The Bertz CT molecular complexity index is 622. The van der Waals surface area contributed by atoms with E-state index in [1.165, 1.54) is 22.3 Å². The summed E-state index contributed by atoms with van der Waals surface area (Å²) in [5, 5.41) is 15.7. The molecule has 5 nitrogen and oxygen atoms in total. The first-order valence-electron chi connectivity index (χ1n) is 6.36. The van der Waals surface area contributed by atoms with Gasteiger partial charge in [0, 0.05) is 24.4 Å². The van der Waals surface area contributed by atoms with Gasteiger partial charge in [-0.15, -0.1) is 22.7 Å². The second kappa shape index (κ2) is 6.73. The van der Waals surface area contributed by atoms with Crippen LogP contribution in [0.15, 0.2) is 29.0 Å². The summed E-state index contributed by atoms with van der Waals surface area (Å²) in [5.74, 6) is -1.04. The molecule has 0 fully saturated rings. The van der Waals surface area contributed by atoms with Crippen LogP contribution in [0.4, 0.5) is 9.80 Å². The van der Waals surface area contributed by atoms with E-state index in [2.05, 4.69) is 5.32 Å². The predicted octanol–water partition coefficient (Wildman–Crippen LogP) is 3.60. The Morgan fingerprint density at radius 3 is 2.71 bits per heavy atom. The lowest BCUT2D eigenvalue weighted by atomic mass is 10.2. The van der Waals surface area contributed by atoms with Gasteiger partial charge in [-0.05, 0) is 29.8 Å². The highest BCUT2D eigenvalue weighted by Gasteiger charge is 2.19. The van der Waals surface area contributed by atoms with E-state index in [4.69, 9.17) is 5.11 Å². The number of amides is 2. The molecule has 0 aliphatic heterocycles. The van der Waals surface area contributed by atoms with Crippen LogP contribution in [0.5, 0.6) is 0 Å². The zero-order valence-electron chi connectivity index (χ0n) is 11.7. The maximum absolute atomic E-state index is 12.2. The number of carbonyl (C=O) groups is 2.